The van der Waals surface area contributed by atoms with Gasteiger partial charge in [-0.25, -0.2) is 0 Å². The van der Waals surface area contributed by atoms with E-state index < -0.39 is 0 Å². The number of hydrogen-bond donors (Lipinski definition) is 0. The summed E-state index contributed by atoms with van der Waals surface area (Å²) < 4.78 is 0. The van der Waals surface area contributed by atoms with E-state index in [0.29, 0.717) is 0 Å². The summed E-state index contributed by atoms with van der Waals surface area (Å²) in [5.74, 6) is 0. The maximum Gasteiger partial charge on any atom is 0.316 e. The predicted octanol–water partition coefficient (Wildman–Crippen LogP) is -4.47. The Kier molecular flexibility index (Phi) is 298. The zero-order chi connectivity index (χ0) is 0. The van der Waals surface area contributed by atoms with Crippen molar-refractivity contribution in [3.8, 4) is 0 Å². The van der Waals surface area contributed by atoms with Gasteiger partial charge in [0, 0.05) is 21.7 Å². The third-order valence-corrected chi connectivity index (χ3v) is 0. The molecule has 0 atom stereocenters. The Labute approximate surface area is 86.7 Å². The smallest absolute Gasteiger partial charge is 0 e. The van der Waals surface area contributed by atoms with Gasteiger partial charge in [0.25, 0.3) is 0 Å². The predicted molar refractivity (Wildman–Crippen MR) is 38.4 cm³/mol. The standard InChI is InChI=1S/2Al.BH3.Mg.Ti.8H/h;;1H3;;;;;;;;;;. The first-order chi connectivity index (χ1) is 0. The second kappa shape index (κ2) is 30.5. The van der Waals surface area contributed by atoms with Crippen LogP contribution in [0.3, 0.4) is 0 Å². The molecule has 0 heterocycles. The van der Waals surface area contributed by atoms with Gasteiger partial charge in [0.05, 0.1) is 8.41 Å². The van der Waals surface area contributed by atoms with Crippen LogP contribution in [0, 0.1) is 0 Å². The van der Waals surface area contributed by atoms with Crippen LogP contribution >= 0.6 is 0 Å². The van der Waals surface area contributed by atoms with Crippen LogP contribution in [0.1, 0.15) is 0 Å². The van der Waals surface area contributed by atoms with Crippen molar-refractivity contribution in [2.45, 2.75) is 0 Å². The monoisotopic (exact) mass is 148 g/mol. The van der Waals surface area contributed by atoms with Gasteiger partial charge in [0.2, 0.25) is 0 Å². The van der Waals surface area contributed by atoms with Gasteiger partial charge in [-0.2, -0.15) is 0 Å². The first-order valence-electron chi connectivity index (χ1n) is 0. The Morgan fingerprint density at radius 1 is 0.800 bits per heavy atom. The van der Waals surface area contributed by atoms with Gasteiger partial charge in [-0.05, 0) is 0 Å². The van der Waals surface area contributed by atoms with Crippen molar-refractivity contribution in [3.05, 3.63) is 0 Å². The molecule has 0 aliphatic heterocycles. The van der Waals surface area contributed by atoms with Crippen molar-refractivity contribution >= 4 is 66.2 Å². The molecule has 0 fully saturated rings. The molecule has 0 aromatic carbocycles. The zero-order valence-electron chi connectivity index (χ0n) is 0.500. The third-order valence-electron chi connectivity index (χ3n) is 0. The van der Waals surface area contributed by atoms with Crippen molar-refractivity contribution in [3.63, 3.8) is 0 Å². The molecule has 0 rings (SSSR count). The van der Waals surface area contributed by atoms with Crippen molar-refractivity contribution in [2.24, 2.45) is 0 Å². The van der Waals surface area contributed by atoms with Crippen LogP contribution < -0.4 is 0 Å². The Bertz CT molecular complexity index is 9.61. The number of hydrogen-bond acceptors (Lipinski definition) is 0. The molecule has 26 valence electrons. The summed E-state index contributed by atoms with van der Waals surface area (Å²) in [5.41, 5.74) is 0. The molecule has 0 aliphatic carbocycles. The molecule has 0 spiro atoms. The second-order valence-electron chi connectivity index (χ2n) is 0. The molecule has 0 radical (unpaired) electrons. The third kappa shape index (κ3) is 20.6. The molecule has 0 aromatic heterocycles. The minimum absolute atomic E-state index is 0. The average molecular weight is 148 g/mol. The van der Waals surface area contributed by atoms with Crippen LogP contribution in [0.5, 0.6) is 0 Å². The summed E-state index contributed by atoms with van der Waals surface area (Å²) >= 11 is 0. The molecular formula is H11Al2BMgTi. The van der Waals surface area contributed by atoms with E-state index in [2.05, 4.69) is 0 Å². The van der Waals surface area contributed by atoms with E-state index in [1.165, 1.54) is 0 Å². The van der Waals surface area contributed by atoms with E-state index >= 15 is 0 Å². The Morgan fingerprint density at radius 3 is 0.800 bits per heavy atom. The maximum absolute atomic E-state index is 0. The van der Waals surface area contributed by atoms with Crippen LogP contribution in [-0.4, -0.2) is 66.2 Å². The van der Waals surface area contributed by atoms with Crippen LogP contribution in [0.4, 0.5) is 0 Å². The molecule has 0 nitrogen and oxygen atoms in total. The number of rotatable bonds is 0. The molecule has 0 aliphatic rings. The Morgan fingerprint density at radius 2 is 0.800 bits per heavy atom. The van der Waals surface area contributed by atoms with Crippen LogP contribution in [-0.2, 0) is 21.7 Å². The normalized spacial score (nSPS) is 0. The molecule has 0 bridgehead atoms. The van der Waals surface area contributed by atoms with Gasteiger partial charge in [0.15, 0.2) is 34.7 Å². The Balaban J connectivity index is 0. The van der Waals surface area contributed by atoms with Crippen molar-refractivity contribution < 1.29 is 21.7 Å². The fraction of sp³-hybridized carbons (Fsp3) is 0. The molecule has 0 aromatic rings. The minimum Gasteiger partial charge on any atom is 0 e. The van der Waals surface area contributed by atoms with Gasteiger partial charge in [-0.1, -0.05) is 0 Å². The summed E-state index contributed by atoms with van der Waals surface area (Å²) in [6.45, 7) is 0. The van der Waals surface area contributed by atoms with Gasteiger partial charge in [-0.3, -0.25) is 0 Å². The molecule has 0 saturated heterocycles. The van der Waals surface area contributed by atoms with E-state index in [-0.39, 0.29) is 87.9 Å². The van der Waals surface area contributed by atoms with E-state index in [1.807, 2.05) is 0 Å². The first kappa shape index (κ1) is 48.8. The van der Waals surface area contributed by atoms with Gasteiger partial charge < -0.3 is 0 Å². The summed E-state index contributed by atoms with van der Waals surface area (Å²) in [6, 6.07) is 0. The average Bonchev–Trinajstić information content (AvgIpc) is 0. The van der Waals surface area contributed by atoms with E-state index in [9.17, 15) is 0 Å². The minimum atomic E-state index is 0. The van der Waals surface area contributed by atoms with Crippen molar-refractivity contribution in [1.29, 1.82) is 0 Å². The second-order valence-corrected chi connectivity index (χ2v) is 0. The largest absolute Gasteiger partial charge is 0.316 e. The van der Waals surface area contributed by atoms with Crippen LogP contribution in [0.25, 0.3) is 0 Å². The topological polar surface area (TPSA) is 0 Å². The Hall–Kier alpha value is 2.61. The van der Waals surface area contributed by atoms with Crippen molar-refractivity contribution in [1.82, 2.24) is 0 Å². The zero-order valence-corrected chi connectivity index (χ0v) is 2.06. The molecule has 0 N–H and O–H groups in total. The SMILES string of the molecule is B.[AlH3].[AlH3].[MgH2].[Ti]. The summed E-state index contributed by atoms with van der Waals surface area (Å²) in [7, 11) is 0. The first-order valence-corrected chi connectivity index (χ1v) is 0. The molecule has 0 unspecified atom stereocenters. The molecular weight excluding hydrogens is 137 g/mol. The summed E-state index contributed by atoms with van der Waals surface area (Å²) in [5, 5.41) is 0. The molecule has 0 saturated carbocycles. The van der Waals surface area contributed by atoms with E-state index in [0.717, 1.165) is 0 Å². The molecule has 5 heteroatoms. The van der Waals surface area contributed by atoms with E-state index in [1.54, 1.807) is 0 Å². The van der Waals surface area contributed by atoms with Gasteiger partial charge in [-0.15, -0.1) is 0 Å². The summed E-state index contributed by atoms with van der Waals surface area (Å²) in [4.78, 5) is 0. The van der Waals surface area contributed by atoms with Gasteiger partial charge in [0.1, 0.15) is 0 Å². The van der Waals surface area contributed by atoms with Crippen LogP contribution in [0.15, 0.2) is 0 Å². The van der Waals surface area contributed by atoms with Crippen molar-refractivity contribution in [2.75, 3.05) is 0 Å². The maximum atomic E-state index is 0. The summed E-state index contributed by atoms with van der Waals surface area (Å²) in [6.07, 6.45) is 0. The quantitative estimate of drug-likeness (QED) is 0.304. The fourth-order valence-corrected chi connectivity index (χ4v) is 0. The van der Waals surface area contributed by atoms with E-state index in [4.69, 9.17) is 0 Å². The van der Waals surface area contributed by atoms with Crippen LogP contribution in [0.2, 0.25) is 0 Å². The molecule has 5 heavy (non-hydrogen) atoms. The van der Waals surface area contributed by atoms with Gasteiger partial charge >= 0.3 is 23.1 Å². The molecule has 0 amide bonds. The fourth-order valence-electron chi connectivity index (χ4n) is 0.